The maximum atomic E-state index is 6.00. The highest BCUT2D eigenvalue weighted by Crippen LogP contribution is 2.35. The van der Waals surface area contributed by atoms with Gasteiger partial charge < -0.3 is 14.8 Å². The number of rotatable bonds is 3. The van der Waals surface area contributed by atoms with Crippen LogP contribution in [0, 0.1) is 6.92 Å². The molecule has 2 fully saturated rings. The van der Waals surface area contributed by atoms with E-state index < -0.39 is 0 Å². The molecular formula is C13H20N2O2S. The lowest BCUT2D eigenvalue weighted by Gasteiger charge is -2.32. The van der Waals surface area contributed by atoms with E-state index in [1.807, 2.05) is 6.92 Å². The third-order valence-corrected chi connectivity index (χ3v) is 4.65. The Labute approximate surface area is 112 Å². The molecule has 100 valence electrons. The van der Waals surface area contributed by atoms with Crippen LogP contribution >= 0.6 is 11.3 Å². The summed E-state index contributed by atoms with van der Waals surface area (Å²) in [6.45, 7) is 5.52. The van der Waals surface area contributed by atoms with Gasteiger partial charge in [-0.25, -0.2) is 4.98 Å². The monoisotopic (exact) mass is 268 g/mol. The SMILES string of the molecule is Cc1nc(CO[C@H]2COC3(CCNCC3)C2)cs1. The van der Waals surface area contributed by atoms with Crippen molar-refractivity contribution >= 4 is 11.3 Å². The number of hydrogen-bond donors (Lipinski definition) is 1. The predicted molar refractivity (Wildman–Crippen MR) is 70.8 cm³/mol. The van der Waals surface area contributed by atoms with E-state index >= 15 is 0 Å². The van der Waals surface area contributed by atoms with Crippen molar-refractivity contribution in [3.63, 3.8) is 0 Å². The summed E-state index contributed by atoms with van der Waals surface area (Å²) in [6.07, 6.45) is 3.51. The lowest BCUT2D eigenvalue weighted by Crippen LogP contribution is -2.41. The molecule has 0 bridgehead atoms. The third-order valence-electron chi connectivity index (χ3n) is 3.82. The fraction of sp³-hybridized carbons (Fsp3) is 0.769. The van der Waals surface area contributed by atoms with Gasteiger partial charge in [0.2, 0.25) is 0 Å². The molecule has 18 heavy (non-hydrogen) atoms. The summed E-state index contributed by atoms with van der Waals surface area (Å²) in [5, 5.41) is 6.56. The molecule has 5 heteroatoms. The molecule has 0 unspecified atom stereocenters. The average Bonchev–Trinajstić information content (AvgIpc) is 2.96. The van der Waals surface area contributed by atoms with Gasteiger partial charge in [0.25, 0.3) is 0 Å². The van der Waals surface area contributed by atoms with Crippen molar-refractivity contribution in [1.29, 1.82) is 0 Å². The molecular weight excluding hydrogens is 248 g/mol. The number of piperidine rings is 1. The standard InChI is InChI=1S/C13H20N2O2S/c1-10-15-11(9-18-10)7-16-12-6-13(17-8-12)2-4-14-5-3-13/h9,12,14H,2-8H2,1H3/t12-/m1/s1. The van der Waals surface area contributed by atoms with E-state index in [4.69, 9.17) is 9.47 Å². The molecule has 0 aromatic carbocycles. The highest BCUT2D eigenvalue weighted by molar-refractivity contribution is 7.09. The van der Waals surface area contributed by atoms with Gasteiger partial charge in [0, 0.05) is 11.8 Å². The first kappa shape index (κ1) is 12.5. The van der Waals surface area contributed by atoms with E-state index in [9.17, 15) is 0 Å². The van der Waals surface area contributed by atoms with Crippen molar-refractivity contribution in [2.75, 3.05) is 19.7 Å². The molecule has 1 spiro atoms. The van der Waals surface area contributed by atoms with Crippen molar-refractivity contribution in [3.05, 3.63) is 16.1 Å². The van der Waals surface area contributed by atoms with Crippen LogP contribution in [0.5, 0.6) is 0 Å². The molecule has 1 N–H and O–H groups in total. The Bertz CT molecular complexity index is 401. The lowest BCUT2D eigenvalue weighted by atomic mass is 9.89. The Morgan fingerprint density at radius 1 is 1.56 bits per heavy atom. The van der Waals surface area contributed by atoms with Crippen LogP contribution in [0.3, 0.4) is 0 Å². The van der Waals surface area contributed by atoms with Gasteiger partial charge in [-0.2, -0.15) is 0 Å². The number of thiazole rings is 1. The van der Waals surface area contributed by atoms with Crippen LogP contribution in [-0.4, -0.2) is 36.4 Å². The Balaban J connectivity index is 1.50. The molecule has 2 aliphatic rings. The highest BCUT2D eigenvalue weighted by atomic mass is 32.1. The molecule has 3 heterocycles. The molecule has 2 saturated heterocycles. The Hall–Kier alpha value is -0.490. The highest BCUT2D eigenvalue weighted by Gasteiger charge is 2.41. The number of ether oxygens (including phenoxy) is 2. The second-order valence-corrected chi connectivity index (χ2v) is 6.30. The second kappa shape index (κ2) is 5.25. The number of aromatic nitrogens is 1. The maximum absolute atomic E-state index is 6.00. The van der Waals surface area contributed by atoms with Crippen LogP contribution < -0.4 is 5.32 Å². The summed E-state index contributed by atoms with van der Waals surface area (Å²) in [4.78, 5) is 4.42. The first-order valence-electron chi connectivity index (χ1n) is 6.63. The van der Waals surface area contributed by atoms with Crippen LogP contribution in [-0.2, 0) is 16.1 Å². The summed E-state index contributed by atoms with van der Waals surface area (Å²) in [6, 6.07) is 0. The van der Waals surface area contributed by atoms with E-state index in [2.05, 4.69) is 15.7 Å². The van der Waals surface area contributed by atoms with Crippen LogP contribution in [0.2, 0.25) is 0 Å². The van der Waals surface area contributed by atoms with Gasteiger partial charge >= 0.3 is 0 Å². The lowest BCUT2D eigenvalue weighted by molar-refractivity contribution is -0.0241. The molecule has 1 aromatic rings. The minimum atomic E-state index is 0.0912. The van der Waals surface area contributed by atoms with Gasteiger partial charge in [-0.3, -0.25) is 0 Å². The zero-order chi connectivity index (χ0) is 12.4. The largest absolute Gasteiger partial charge is 0.372 e. The van der Waals surface area contributed by atoms with E-state index in [0.29, 0.717) is 6.61 Å². The Morgan fingerprint density at radius 3 is 3.11 bits per heavy atom. The molecule has 0 amide bonds. The van der Waals surface area contributed by atoms with Crippen LogP contribution in [0.4, 0.5) is 0 Å². The van der Waals surface area contributed by atoms with Gasteiger partial charge in [0.1, 0.15) is 0 Å². The number of nitrogens with one attached hydrogen (secondary N) is 1. The van der Waals surface area contributed by atoms with E-state index in [1.165, 1.54) is 0 Å². The quantitative estimate of drug-likeness (QED) is 0.909. The Morgan fingerprint density at radius 2 is 2.39 bits per heavy atom. The van der Waals surface area contributed by atoms with Gasteiger partial charge in [0.15, 0.2) is 0 Å². The van der Waals surface area contributed by atoms with E-state index in [1.54, 1.807) is 11.3 Å². The third kappa shape index (κ3) is 2.74. The molecule has 0 radical (unpaired) electrons. The van der Waals surface area contributed by atoms with Crippen molar-refractivity contribution in [1.82, 2.24) is 10.3 Å². The van der Waals surface area contributed by atoms with Crippen molar-refractivity contribution < 1.29 is 9.47 Å². The summed E-state index contributed by atoms with van der Waals surface area (Å²) >= 11 is 1.68. The maximum Gasteiger partial charge on any atom is 0.0901 e. The minimum Gasteiger partial charge on any atom is -0.372 e. The first-order valence-corrected chi connectivity index (χ1v) is 7.51. The summed E-state index contributed by atoms with van der Waals surface area (Å²) < 4.78 is 11.9. The van der Waals surface area contributed by atoms with Gasteiger partial charge in [-0.15, -0.1) is 11.3 Å². The smallest absolute Gasteiger partial charge is 0.0901 e. The first-order chi connectivity index (χ1) is 8.76. The summed E-state index contributed by atoms with van der Waals surface area (Å²) in [5.41, 5.74) is 1.14. The summed E-state index contributed by atoms with van der Waals surface area (Å²) in [5.74, 6) is 0. The van der Waals surface area contributed by atoms with Crippen molar-refractivity contribution in [3.8, 4) is 0 Å². The van der Waals surface area contributed by atoms with Crippen LogP contribution in [0.15, 0.2) is 5.38 Å². The summed E-state index contributed by atoms with van der Waals surface area (Å²) in [7, 11) is 0. The molecule has 1 aromatic heterocycles. The van der Waals surface area contributed by atoms with Crippen LogP contribution in [0.25, 0.3) is 0 Å². The second-order valence-electron chi connectivity index (χ2n) is 5.24. The zero-order valence-corrected chi connectivity index (χ0v) is 11.6. The molecule has 0 saturated carbocycles. The Kier molecular flexibility index (Phi) is 3.66. The molecule has 2 aliphatic heterocycles. The van der Waals surface area contributed by atoms with Crippen LogP contribution in [0.1, 0.15) is 30.0 Å². The minimum absolute atomic E-state index is 0.0912. The van der Waals surface area contributed by atoms with E-state index in [0.717, 1.165) is 49.7 Å². The number of hydrogen-bond acceptors (Lipinski definition) is 5. The van der Waals surface area contributed by atoms with Gasteiger partial charge in [-0.05, 0) is 32.9 Å². The topological polar surface area (TPSA) is 43.4 Å². The van der Waals surface area contributed by atoms with Crippen molar-refractivity contribution in [2.24, 2.45) is 0 Å². The van der Waals surface area contributed by atoms with Gasteiger partial charge in [-0.1, -0.05) is 0 Å². The molecule has 3 rings (SSSR count). The van der Waals surface area contributed by atoms with Crippen molar-refractivity contribution in [2.45, 2.75) is 44.5 Å². The van der Waals surface area contributed by atoms with Gasteiger partial charge in [0.05, 0.1) is 35.6 Å². The van der Waals surface area contributed by atoms with E-state index in [-0.39, 0.29) is 11.7 Å². The number of aryl methyl sites for hydroxylation is 1. The average molecular weight is 268 g/mol. The zero-order valence-electron chi connectivity index (χ0n) is 10.8. The fourth-order valence-electron chi connectivity index (χ4n) is 2.82. The molecule has 1 atom stereocenters. The molecule has 4 nitrogen and oxygen atoms in total. The fourth-order valence-corrected chi connectivity index (χ4v) is 3.42. The normalized spacial score (nSPS) is 26.8. The predicted octanol–water partition coefficient (Wildman–Crippen LogP) is 1.88. The molecule has 0 aliphatic carbocycles. The number of nitrogens with zero attached hydrogens (tertiary/aromatic N) is 1.